The number of nitrogens with one attached hydrogen (secondary N) is 2. The molecule has 1 saturated heterocycles. The number of hydrogen-bond acceptors (Lipinski definition) is 8. The van der Waals surface area contributed by atoms with Crippen molar-refractivity contribution >= 4 is 56.6 Å². The van der Waals surface area contributed by atoms with E-state index in [4.69, 9.17) is 15.0 Å². The smallest absolute Gasteiger partial charge is 0.233 e. The number of nitrogens with zero attached hydrogens (tertiary/aromatic N) is 6. The van der Waals surface area contributed by atoms with Crippen LogP contribution in [0.1, 0.15) is 0 Å². The van der Waals surface area contributed by atoms with Crippen molar-refractivity contribution in [1.29, 1.82) is 0 Å². The number of benzene rings is 4. The van der Waals surface area contributed by atoms with Crippen LogP contribution in [-0.4, -0.2) is 46.1 Å². The predicted molar refractivity (Wildman–Crippen MR) is 163 cm³/mol. The first-order chi connectivity index (χ1) is 19.8. The number of fused-ring (bicyclic) bond motifs is 2. The molecule has 0 spiro atoms. The van der Waals surface area contributed by atoms with Gasteiger partial charge in [-0.1, -0.05) is 78.9 Å². The standard InChI is InChI=1S/C32H28N8/c1-3-13-25-23(9-1)11-7-15-27(25)34-30-36-31(35-28-16-8-12-24-10-2-4-14-26(24)28)38-32(37-30)40-21-19-39(20-22-40)29-17-5-6-18-33-29/h1-18H,19-22H2,(H2,34,35,36,37,38). The molecule has 7 rings (SSSR count). The third-order valence-corrected chi connectivity index (χ3v) is 7.23. The Hall–Kier alpha value is -5.24. The summed E-state index contributed by atoms with van der Waals surface area (Å²) < 4.78 is 0. The van der Waals surface area contributed by atoms with Crippen LogP contribution in [0.2, 0.25) is 0 Å². The van der Waals surface area contributed by atoms with Gasteiger partial charge >= 0.3 is 0 Å². The topological polar surface area (TPSA) is 82.1 Å². The molecule has 2 N–H and O–H groups in total. The Morgan fingerprint density at radius 2 is 1.02 bits per heavy atom. The van der Waals surface area contributed by atoms with E-state index in [9.17, 15) is 0 Å². The zero-order valence-electron chi connectivity index (χ0n) is 21.9. The zero-order chi connectivity index (χ0) is 26.7. The summed E-state index contributed by atoms with van der Waals surface area (Å²) in [6, 6.07) is 35.0. The van der Waals surface area contributed by atoms with Crippen LogP contribution in [0, 0.1) is 0 Å². The van der Waals surface area contributed by atoms with E-state index in [1.807, 2.05) is 54.7 Å². The van der Waals surface area contributed by atoms with E-state index in [-0.39, 0.29) is 0 Å². The molecule has 0 saturated carbocycles. The Morgan fingerprint density at radius 1 is 0.500 bits per heavy atom. The van der Waals surface area contributed by atoms with Gasteiger partial charge in [0.05, 0.1) is 0 Å². The second-order valence-electron chi connectivity index (χ2n) is 9.75. The van der Waals surface area contributed by atoms with Crippen molar-refractivity contribution in [1.82, 2.24) is 19.9 Å². The molecular formula is C32H28N8. The summed E-state index contributed by atoms with van der Waals surface area (Å²) in [6.07, 6.45) is 1.84. The second-order valence-corrected chi connectivity index (χ2v) is 9.75. The van der Waals surface area contributed by atoms with E-state index in [0.717, 1.165) is 64.9 Å². The molecule has 8 heteroatoms. The van der Waals surface area contributed by atoms with Crippen LogP contribution in [-0.2, 0) is 0 Å². The number of piperazine rings is 1. The van der Waals surface area contributed by atoms with Crippen LogP contribution in [0.15, 0.2) is 109 Å². The molecule has 196 valence electrons. The molecule has 0 radical (unpaired) electrons. The van der Waals surface area contributed by atoms with Crippen molar-refractivity contribution in [2.45, 2.75) is 0 Å². The molecule has 4 aromatic carbocycles. The van der Waals surface area contributed by atoms with Gasteiger partial charge in [0.25, 0.3) is 0 Å². The molecule has 0 atom stereocenters. The van der Waals surface area contributed by atoms with Gasteiger partial charge in [-0.3, -0.25) is 0 Å². The summed E-state index contributed by atoms with van der Waals surface area (Å²) in [5.41, 5.74) is 1.90. The molecule has 40 heavy (non-hydrogen) atoms. The molecule has 3 heterocycles. The van der Waals surface area contributed by atoms with Gasteiger partial charge in [-0.2, -0.15) is 15.0 Å². The minimum absolute atomic E-state index is 0.497. The molecule has 0 bridgehead atoms. The first kappa shape index (κ1) is 23.8. The van der Waals surface area contributed by atoms with Crippen LogP contribution in [0.4, 0.5) is 35.0 Å². The summed E-state index contributed by atoms with van der Waals surface area (Å²) in [7, 11) is 0. The van der Waals surface area contributed by atoms with Crippen LogP contribution in [0.3, 0.4) is 0 Å². The number of anilines is 6. The Balaban J connectivity index is 1.23. The largest absolute Gasteiger partial charge is 0.353 e. The lowest BCUT2D eigenvalue weighted by Crippen LogP contribution is -2.47. The van der Waals surface area contributed by atoms with Gasteiger partial charge < -0.3 is 20.4 Å². The Kier molecular flexibility index (Phi) is 6.26. The van der Waals surface area contributed by atoms with Gasteiger partial charge in [-0.25, -0.2) is 4.98 Å². The van der Waals surface area contributed by atoms with Crippen molar-refractivity contribution in [2.24, 2.45) is 0 Å². The molecule has 1 fully saturated rings. The van der Waals surface area contributed by atoms with Gasteiger partial charge in [0.15, 0.2) is 0 Å². The summed E-state index contributed by atoms with van der Waals surface area (Å²) in [5.74, 6) is 2.63. The SMILES string of the molecule is c1ccc(N2CCN(c3nc(Nc4cccc5ccccc45)nc(Nc4cccc5ccccc45)n3)CC2)nc1. The molecule has 0 unspecified atom stereocenters. The molecule has 0 amide bonds. The van der Waals surface area contributed by atoms with Gasteiger partial charge in [0.1, 0.15) is 5.82 Å². The lowest BCUT2D eigenvalue weighted by atomic mass is 10.1. The minimum Gasteiger partial charge on any atom is -0.353 e. The van der Waals surface area contributed by atoms with Crippen molar-refractivity contribution < 1.29 is 0 Å². The maximum absolute atomic E-state index is 4.88. The van der Waals surface area contributed by atoms with E-state index in [1.54, 1.807) is 0 Å². The fourth-order valence-electron chi connectivity index (χ4n) is 5.20. The number of rotatable bonds is 6. The quantitative estimate of drug-likeness (QED) is 0.260. The molecular weight excluding hydrogens is 496 g/mol. The van der Waals surface area contributed by atoms with Crippen LogP contribution in [0.25, 0.3) is 21.5 Å². The Bertz CT molecular complexity index is 1670. The Morgan fingerprint density at radius 3 is 1.60 bits per heavy atom. The lowest BCUT2D eigenvalue weighted by Gasteiger charge is -2.35. The third kappa shape index (κ3) is 4.82. The summed E-state index contributed by atoms with van der Waals surface area (Å²) in [6.45, 7) is 3.23. The molecule has 6 aromatic rings. The molecule has 1 aliphatic rings. The maximum atomic E-state index is 4.88. The van der Waals surface area contributed by atoms with Crippen molar-refractivity contribution in [3.63, 3.8) is 0 Å². The van der Waals surface area contributed by atoms with Crippen LogP contribution >= 0.6 is 0 Å². The highest BCUT2D eigenvalue weighted by molar-refractivity contribution is 5.96. The highest BCUT2D eigenvalue weighted by Gasteiger charge is 2.22. The molecule has 2 aromatic heterocycles. The highest BCUT2D eigenvalue weighted by Crippen LogP contribution is 2.29. The fourth-order valence-corrected chi connectivity index (χ4v) is 5.20. The average molecular weight is 525 g/mol. The van der Waals surface area contributed by atoms with Crippen molar-refractivity contribution in [3.8, 4) is 0 Å². The monoisotopic (exact) mass is 524 g/mol. The van der Waals surface area contributed by atoms with Gasteiger partial charge in [0.2, 0.25) is 17.8 Å². The number of pyridine rings is 1. The van der Waals surface area contributed by atoms with Gasteiger partial charge in [-0.05, 0) is 35.0 Å². The predicted octanol–water partition coefficient (Wildman–Crippen LogP) is 6.39. The first-order valence-corrected chi connectivity index (χ1v) is 13.5. The summed E-state index contributed by atoms with van der Waals surface area (Å²) in [5, 5.41) is 11.5. The fraction of sp³-hybridized carbons (Fsp3) is 0.125. The van der Waals surface area contributed by atoms with E-state index in [0.29, 0.717) is 17.8 Å². The van der Waals surface area contributed by atoms with Crippen molar-refractivity contribution in [3.05, 3.63) is 109 Å². The van der Waals surface area contributed by atoms with Crippen molar-refractivity contribution in [2.75, 3.05) is 46.6 Å². The van der Waals surface area contributed by atoms with E-state index >= 15 is 0 Å². The minimum atomic E-state index is 0.497. The zero-order valence-corrected chi connectivity index (χ0v) is 21.9. The summed E-state index contributed by atoms with van der Waals surface area (Å²) >= 11 is 0. The number of aromatic nitrogens is 4. The number of hydrogen-bond donors (Lipinski definition) is 2. The molecule has 0 aliphatic carbocycles. The third-order valence-electron chi connectivity index (χ3n) is 7.23. The maximum Gasteiger partial charge on any atom is 0.233 e. The normalized spacial score (nSPS) is 13.5. The van der Waals surface area contributed by atoms with E-state index in [2.05, 4.69) is 80.0 Å². The Labute approximate surface area is 232 Å². The summed E-state index contributed by atoms with van der Waals surface area (Å²) in [4.78, 5) is 23.6. The van der Waals surface area contributed by atoms with Crippen LogP contribution < -0.4 is 20.4 Å². The average Bonchev–Trinajstić information content (AvgIpc) is 3.02. The molecule has 8 nitrogen and oxygen atoms in total. The van der Waals surface area contributed by atoms with Crippen LogP contribution in [0.5, 0.6) is 0 Å². The highest BCUT2D eigenvalue weighted by atomic mass is 15.4. The molecule has 1 aliphatic heterocycles. The first-order valence-electron chi connectivity index (χ1n) is 13.5. The van der Waals surface area contributed by atoms with Gasteiger partial charge in [-0.15, -0.1) is 0 Å². The van der Waals surface area contributed by atoms with E-state index < -0.39 is 0 Å². The lowest BCUT2D eigenvalue weighted by molar-refractivity contribution is 0.634. The second kappa shape index (κ2) is 10.5. The van der Waals surface area contributed by atoms with E-state index in [1.165, 1.54) is 0 Å². The van der Waals surface area contributed by atoms with Gasteiger partial charge in [0, 0.05) is 54.5 Å².